The van der Waals surface area contributed by atoms with Crippen molar-refractivity contribution >= 4 is 18.2 Å². The lowest BCUT2D eigenvalue weighted by atomic mass is 9.98. The topological polar surface area (TPSA) is 96.4 Å². The lowest BCUT2D eigenvalue weighted by molar-refractivity contribution is -0.141. The van der Waals surface area contributed by atoms with Crippen molar-refractivity contribution in [1.29, 1.82) is 0 Å². The summed E-state index contributed by atoms with van der Waals surface area (Å²) >= 11 is 0. The number of aliphatic carboxylic acids is 1. The van der Waals surface area contributed by atoms with Crippen LogP contribution in [-0.4, -0.2) is 70.4 Å². The highest BCUT2D eigenvalue weighted by Gasteiger charge is 2.43. The molecule has 1 saturated carbocycles. The molecule has 1 N–H and O–H groups in total. The van der Waals surface area contributed by atoms with Crippen LogP contribution in [0, 0.1) is 5.92 Å². The fourth-order valence-electron chi connectivity index (χ4n) is 6.16. The molecule has 0 radical (unpaired) electrons. The first-order valence-electron chi connectivity index (χ1n) is 13.5. The minimum atomic E-state index is -0.832. The second-order valence-electron chi connectivity index (χ2n) is 11.6. The minimum Gasteiger partial charge on any atom is -0.481 e. The Balaban J connectivity index is 1.33. The molecule has 0 spiro atoms. The van der Waals surface area contributed by atoms with Crippen LogP contribution in [0.3, 0.4) is 0 Å². The molecule has 1 saturated heterocycles. The monoisotopic (exact) mass is 520 g/mol. The molecule has 0 bridgehead atoms. The SMILES string of the molecule is CC(C)(C)OC(=O)N1CCC(N(C(=O)OCC2c3ccccc3-c3ccccc32)[C@@H]2CC[C@H](C(=O)O)C2)C1. The maximum Gasteiger partial charge on any atom is 0.410 e. The maximum absolute atomic E-state index is 13.7. The highest BCUT2D eigenvalue weighted by Crippen LogP contribution is 2.44. The Morgan fingerprint density at radius 1 is 0.947 bits per heavy atom. The van der Waals surface area contributed by atoms with Crippen molar-refractivity contribution < 1.29 is 29.0 Å². The standard InChI is InChI=1S/C30H36N2O6/c1-30(2,3)38-28(35)31-15-14-21(17-31)32(20-13-12-19(16-20)27(33)34)29(36)37-18-26-24-10-6-4-8-22(24)23-9-5-7-11-25(23)26/h4-11,19-21,26H,12-18H2,1-3H3,(H,33,34)/t19-,20+,21?/m0/s1. The van der Waals surface area contributed by atoms with Crippen molar-refractivity contribution in [2.24, 2.45) is 5.92 Å². The molecule has 8 nitrogen and oxygen atoms in total. The fourth-order valence-corrected chi connectivity index (χ4v) is 6.16. The van der Waals surface area contributed by atoms with E-state index >= 15 is 0 Å². The van der Waals surface area contributed by atoms with Gasteiger partial charge in [0.1, 0.15) is 12.2 Å². The number of amides is 2. The summed E-state index contributed by atoms with van der Waals surface area (Å²) in [4.78, 5) is 41.4. The first-order valence-corrected chi connectivity index (χ1v) is 13.5. The van der Waals surface area contributed by atoms with Crippen molar-refractivity contribution in [1.82, 2.24) is 9.80 Å². The Morgan fingerprint density at radius 2 is 1.58 bits per heavy atom. The highest BCUT2D eigenvalue weighted by molar-refractivity contribution is 5.79. The zero-order valence-corrected chi connectivity index (χ0v) is 22.3. The first-order chi connectivity index (χ1) is 18.1. The summed E-state index contributed by atoms with van der Waals surface area (Å²) in [6, 6.07) is 15.9. The molecule has 38 heavy (non-hydrogen) atoms. The van der Waals surface area contributed by atoms with Crippen molar-refractivity contribution in [2.75, 3.05) is 19.7 Å². The van der Waals surface area contributed by atoms with Crippen molar-refractivity contribution in [3.8, 4) is 11.1 Å². The van der Waals surface area contributed by atoms with Crippen LogP contribution in [0.5, 0.6) is 0 Å². The van der Waals surface area contributed by atoms with Gasteiger partial charge in [0.2, 0.25) is 0 Å². The molecule has 3 atom stereocenters. The fraction of sp³-hybridized carbons (Fsp3) is 0.500. The molecule has 1 unspecified atom stereocenters. The Bertz CT molecular complexity index is 1180. The molecule has 2 aliphatic carbocycles. The summed E-state index contributed by atoms with van der Waals surface area (Å²) < 4.78 is 11.5. The van der Waals surface area contributed by atoms with E-state index in [1.165, 1.54) is 0 Å². The number of carbonyl (C=O) groups excluding carboxylic acids is 2. The van der Waals surface area contributed by atoms with E-state index in [-0.39, 0.29) is 24.6 Å². The second kappa shape index (κ2) is 10.3. The predicted octanol–water partition coefficient (Wildman–Crippen LogP) is 5.50. The van der Waals surface area contributed by atoms with E-state index in [4.69, 9.17) is 9.47 Å². The normalized spacial score (nSPS) is 22.6. The third-order valence-electron chi connectivity index (χ3n) is 7.90. The first kappa shape index (κ1) is 26.1. The number of hydrogen-bond acceptors (Lipinski definition) is 5. The quantitative estimate of drug-likeness (QED) is 0.559. The van der Waals surface area contributed by atoms with Gasteiger partial charge in [-0.15, -0.1) is 0 Å². The van der Waals surface area contributed by atoms with E-state index in [0.717, 1.165) is 22.3 Å². The predicted molar refractivity (Wildman–Crippen MR) is 142 cm³/mol. The summed E-state index contributed by atoms with van der Waals surface area (Å²) in [6.45, 7) is 6.49. The van der Waals surface area contributed by atoms with Gasteiger partial charge in [0.15, 0.2) is 0 Å². The Kier molecular flexibility index (Phi) is 7.07. The molecule has 1 heterocycles. The number of benzene rings is 2. The summed E-state index contributed by atoms with van der Waals surface area (Å²) in [5.74, 6) is -1.38. The van der Waals surface area contributed by atoms with Crippen LogP contribution in [-0.2, 0) is 14.3 Å². The zero-order valence-electron chi connectivity index (χ0n) is 22.3. The number of carbonyl (C=O) groups is 3. The lowest BCUT2D eigenvalue weighted by Gasteiger charge is -2.34. The molecule has 1 aliphatic heterocycles. The number of carboxylic acid groups (broad SMARTS) is 1. The van der Waals surface area contributed by atoms with Crippen LogP contribution >= 0.6 is 0 Å². The van der Waals surface area contributed by atoms with Gasteiger partial charge in [0.25, 0.3) is 0 Å². The zero-order chi connectivity index (χ0) is 27.0. The van der Waals surface area contributed by atoms with Crippen LogP contribution in [0.15, 0.2) is 48.5 Å². The van der Waals surface area contributed by atoms with E-state index in [1.54, 1.807) is 9.80 Å². The average Bonchev–Trinajstić information content (AvgIpc) is 3.61. The largest absolute Gasteiger partial charge is 0.481 e. The van der Waals surface area contributed by atoms with Gasteiger partial charge in [0.05, 0.1) is 12.0 Å². The van der Waals surface area contributed by atoms with Crippen molar-refractivity contribution in [3.63, 3.8) is 0 Å². The van der Waals surface area contributed by atoms with E-state index in [2.05, 4.69) is 24.3 Å². The average molecular weight is 521 g/mol. The molecule has 2 amide bonds. The van der Waals surface area contributed by atoms with Gasteiger partial charge >= 0.3 is 18.2 Å². The smallest absolute Gasteiger partial charge is 0.410 e. The molecular weight excluding hydrogens is 484 g/mol. The summed E-state index contributed by atoms with van der Waals surface area (Å²) in [5, 5.41) is 9.57. The van der Waals surface area contributed by atoms with E-state index in [1.807, 2.05) is 45.0 Å². The summed E-state index contributed by atoms with van der Waals surface area (Å²) in [7, 11) is 0. The van der Waals surface area contributed by atoms with Gasteiger partial charge in [-0.2, -0.15) is 0 Å². The third-order valence-corrected chi connectivity index (χ3v) is 7.90. The van der Waals surface area contributed by atoms with Crippen LogP contribution in [0.1, 0.15) is 63.5 Å². The van der Waals surface area contributed by atoms with Gasteiger partial charge in [-0.25, -0.2) is 9.59 Å². The third kappa shape index (κ3) is 5.22. The maximum atomic E-state index is 13.7. The van der Waals surface area contributed by atoms with Gasteiger partial charge in [-0.1, -0.05) is 48.5 Å². The number of likely N-dealkylation sites (tertiary alicyclic amines) is 1. The van der Waals surface area contributed by atoms with Gasteiger partial charge in [-0.3, -0.25) is 4.79 Å². The van der Waals surface area contributed by atoms with Gasteiger partial charge in [0, 0.05) is 25.0 Å². The minimum absolute atomic E-state index is 0.0645. The molecule has 2 aromatic rings. The van der Waals surface area contributed by atoms with E-state index in [9.17, 15) is 19.5 Å². The van der Waals surface area contributed by atoms with Crippen molar-refractivity contribution in [3.05, 3.63) is 59.7 Å². The van der Waals surface area contributed by atoms with Gasteiger partial charge in [-0.05, 0) is 68.7 Å². The number of hydrogen-bond donors (Lipinski definition) is 1. The Morgan fingerprint density at radius 3 is 2.16 bits per heavy atom. The van der Waals surface area contributed by atoms with Gasteiger partial charge < -0.3 is 24.4 Å². The molecule has 202 valence electrons. The number of carboxylic acids is 1. The van der Waals surface area contributed by atoms with E-state index in [0.29, 0.717) is 38.8 Å². The van der Waals surface area contributed by atoms with Crippen LogP contribution in [0.4, 0.5) is 9.59 Å². The van der Waals surface area contributed by atoms with E-state index < -0.39 is 29.7 Å². The highest BCUT2D eigenvalue weighted by atomic mass is 16.6. The summed E-state index contributed by atoms with van der Waals surface area (Å²) in [5.41, 5.74) is 3.98. The molecule has 5 rings (SSSR count). The Labute approximate surface area is 223 Å². The number of fused-ring (bicyclic) bond motifs is 3. The summed E-state index contributed by atoms with van der Waals surface area (Å²) in [6.07, 6.45) is 1.26. The number of ether oxygens (including phenoxy) is 2. The van der Waals surface area contributed by atoms with Crippen LogP contribution in [0.25, 0.3) is 11.1 Å². The molecule has 8 heteroatoms. The molecule has 3 aliphatic rings. The van der Waals surface area contributed by atoms with Crippen LogP contribution < -0.4 is 0 Å². The number of nitrogens with zero attached hydrogens (tertiary/aromatic N) is 2. The number of rotatable bonds is 5. The molecule has 2 fully saturated rings. The molecular formula is C30H36N2O6. The van der Waals surface area contributed by atoms with Crippen molar-refractivity contribution in [2.45, 2.75) is 70.1 Å². The second-order valence-corrected chi connectivity index (χ2v) is 11.6. The molecule has 0 aromatic heterocycles. The lowest BCUT2D eigenvalue weighted by Crippen LogP contribution is -2.48. The van der Waals surface area contributed by atoms with Crippen LogP contribution in [0.2, 0.25) is 0 Å². The molecule has 2 aromatic carbocycles. The Hall–Kier alpha value is -3.55.